The Labute approximate surface area is 212 Å². The lowest BCUT2D eigenvalue weighted by atomic mass is 9.86. The van der Waals surface area contributed by atoms with Crippen LogP contribution in [0.25, 0.3) is 0 Å². The molecule has 2 amide bonds. The van der Waals surface area contributed by atoms with E-state index < -0.39 is 0 Å². The Balaban J connectivity index is 1.43. The Morgan fingerprint density at radius 3 is 2.31 bits per heavy atom. The van der Waals surface area contributed by atoms with Crippen molar-refractivity contribution in [3.8, 4) is 0 Å². The molecule has 0 unspecified atom stereocenters. The molecule has 1 aliphatic rings. The highest BCUT2D eigenvalue weighted by molar-refractivity contribution is 6.30. The SMILES string of the molecule is CCNC(=O)N(Cc1ccc(Cl)cc1)Cc1ccccc1C1CCN(Cc2ccc(F)cc2)CC1. The fourth-order valence-corrected chi connectivity index (χ4v) is 4.93. The third kappa shape index (κ3) is 7.06. The Kier molecular flexibility index (Phi) is 8.78. The maximum atomic E-state index is 13.2. The predicted molar refractivity (Wildman–Crippen MR) is 140 cm³/mol. The smallest absolute Gasteiger partial charge is 0.317 e. The fourth-order valence-electron chi connectivity index (χ4n) is 4.80. The summed E-state index contributed by atoms with van der Waals surface area (Å²) in [6.45, 7) is 6.45. The highest BCUT2D eigenvalue weighted by atomic mass is 35.5. The van der Waals surface area contributed by atoms with Crippen LogP contribution in [0, 0.1) is 5.82 Å². The first-order valence-electron chi connectivity index (χ1n) is 12.3. The Hall–Kier alpha value is -2.89. The minimum atomic E-state index is -0.193. The zero-order valence-corrected chi connectivity index (χ0v) is 21.0. The molecule has 0 bridgehead atoms. The monoisotopic (exact) mass is 493 g/mol. The maximum Gasteiger partial charge on any atom is 0.317 e. The van der Waals surface area contributed by atoms with E-state index in [1.165, 1.54) is 23.3 Å². The van der Waals surface area contributed by atoms with E-state index in [0.717, 1.165) is 43.6 Å². The number of halogens is 2. The average Bonchev–Trinajstić information content (AvgIpc) is 2.87. The van der Waals surface area contributed by atoms with Gasteiger partial charge in [0.25, 0.3) is 0 Å². The standard InChI is InChI=1S/C29H33ClFN3O/c1-2-32-29(35)34(20-23-7-11-26(30)12-8-23)21-25-5-3-4-6-28(25)24-15-17-33(18-16-24)19-22-9-13-27(31)14-10-22/h3-14,24H,2,15-21H2,1H3,(H,32,35). The van der Waals surface area contributed by atoms with Gasteiger partial charge in [0.1, 0.15) is 5.82 Å². The molecule has 184 valence electrons. The molecule has 0 spiro atoms. The third-order valence-electron chi connectivity index (χ3n) is 6.67. The lowest BCUT2D eigenvalue weighted by molar-refractivity contribution is 0.191. The second kappa shape index (κ2) is 12.2. The Morgan fingerprint density at radius 2 is 1.63 bits per heavy atom. The van der Waals surface area contributed by atoms with Gasteiger partial charge in [-0.1, -0.05) is 60.1 Å². The number of nitrogens with zero attached hydrogens (tertiary/aromatic N) is 2. The van der Waals surface area contributed by atoms with Gasteiger partial charge in [0.15, 0.2) is 0 Å². The van der Waals surface area contributed by atoms with Crippen molar-refractivity contribution in [2.45, 2.75) is 45.3 Å². The summed E-state index contributed by atoms with van der Waals surface area (Å²) in [6.07, 6.45) is 2.13. The van der Waals surface area contributed by atoms with Crippen molar-refractivity contribution in [3.05, 3.63) is 106 Å². The van der Waals surface area contributed by atoms with Crippen molar-refractivity contribution >= 4 is 17.6 Å². The Bertz CT molecular complexity index is 1100. The van der Waals surface area contributed by atoms with Gasteiger partial charge < -0.3 is 10.2 Å². The van der Waals surface area contributed by atoms with Crippen molar-refractivity contribution in [1.29, 1.82) is 0 Å². The number of carbonyl (C=O) groups is 1. The number of urea groups is 1. The van der Waals surface area contributed by atoms with Gasteiger partial charge in [-0.2, -0.15) is 0 Å². The van der Waals surface area contributed by atoms with Crippen LogP contribution in [-0.4, -0.2) is 35.5 Å². The highest BCUT2D eigenvalue weighted by Gasteiger charge is 2.24. The molecule has 1 fully saturated rings. The molecule has 0 aliphatic carbocycles. The van der Waals surface area contributed by atoms with Gasteiger partial charge in [-0.05, 0) is 85.3 Å². The number of likely N-dealkylation sites (tertiary alicyclic amines) is 1. The van der Waals surface area contributed by atoms with Gasteiger partial charge in [0.2, 0.25) is 0 Å². The second-order valence-electron chi connectivity index (χ2n) is 9.19. The zero-order chi connectivity index (χ0) is 24.6. The van der Waals surface area contributed by atoms with Gasteiger partial charge in [0.05, 0.1) is 0 Å². The molecule has 4 rings (SSSR count). The number of amides is 2. The molecule has 0 atom stereocenters. The molecule has 6 heteroatoms. The number of carbonyl (C=O) groups excluding carboxylic acids is 1. The van der Waals surface area contributed by atoms with Gasteiger partial charge in [0, 0.05) is 31.2 Å². The largest absolute Gasteiger partial charge is 0.338 e. The van der Waals surface area contributed by atoms with E-state index in [2.05, 4.69) is 34.5 Å². The lowest BCUT2D eigenvalue weighted by Gasteiger charge is -2.33. The van der Waals surface area contributed by atoms with Gasteiger partial charge >= 0.3 is 6.03 Å². The minimum absolute atomic E-state index is 0.0635. The zero-order valence-electron chi connectivity index (χ0n) is 20.2. The van der Waals surface area contributed by atoms with E-state index in [1.54, 1.807) is 0 Å². The van der Waals surface area contributed by atoms with E-state index >= 15 is 0 Å². The van der Waals surface area contributed by atoms with Crippen molar-refractivity contribution in [3.63, 3.8) is 0 Å². The summed E-state index contributed by atoms with van der Waals surface area (Å²) < 4.78 is 13.2. The van der Waals surface area contributed by atoms with E-state index in [1.807, 2.05) is 48.2 Å². The Morgan fingerprint density at radius 1 is 0.971 bits per heavy atom. The average molecular weight is 494 g/mol. The van der Waals surface area contributed by atoms with Crippen LogP contribution < -0.4 is 5.32 Å². The van der Waals surface area contributed by atoms with Crippen LogP contribution in [-0.2, 0) is 19.6 Å². The number of rotatable bonds is 8. The summed E-state index contributed by atoms with van der Waals surface area (Å²) in [6, 6.07) is 22.9. The molecule has 1 N–H and O–H groups in total. The van der Waals surface area contributed by atoms with Crippen LogP contribution in [0.1, 0.15) is 47.9 Å². The summed E-state index contributed by atoms with van der Waals surface area (Å²) in [4.78, 5) is 17.2. The highest BCUT2D eigenvalue weighted by Crippen LogP contribution is 2.32. The fraction of sp³-hybridized carbons (Fsp3) is 0.345. The van der Waals surface area contributed by atoms with E-state index in [4.69, 9.17) is 11.6 Å². The predicted octanol–water partition coefficient (Wildman–Crippen LogP) is 6.59. The van der Waals surface area contributed by atoms with Crippen LogP contribution in [0.4, 0.5) is 9.18 Å². The second-order valence-corrected chi connectivity index (χ2v) is 9.63. The number of hydrogen-bond acceptors (Lipinski definition) is 2. The molecular formula is C29H33ClFN3O. The first-order chi connectivity index (χ1) is 17.0. The molecule has 3 aromatic carbocycles. The molecular weight excluding hydrogens is 461 g/mol. The summed E-state index contributed by atoms with van der Waals surface area (Å²) in [5.74, 6) is 0.268. The summed E-state index contributed by atoms with van der Waals surface area (Å²) >= 11 is 6.05. The molecule has 1 heterocycles. The van der Waals surface area contributed by atoms with Crippen LogP contribution in [0.2, 0.25) is 5.02 Å². The quantitative estimate of drug-likeness (QED) is 0.384. The maximum absolute atomic E-state index is 13.2. The van der Waals surface area contributed by atoms with Crippen molar-refractivity contribution in [1.82, 2.24) is 15.1 Å². The number of benzene rings is 3. The first kappa shape index (κ1) is 25.2. The van der Waals surface area contributed by atoms with Gasteiger partial charge in [-0.3, -0.25) is 4.90 Å². The number of piperidine rings is 1. The third-order valence-corrected chi connectivity index (χ3v) is 6.92. The topological polar surface area (TPSA) is 35.6 Å². The van der Waals surface area contributed by atoms with Gasteiger partial charge in [-0.25, -0.2) is 9.18 Å². The van der Waals surface area contributed by atoms with Crippen LogP contribution in [0.5, 0.6) is 0 Å². The summed E-state index contributed by atoms with van der Waals surface area (Å²) in [5.41, 5.74) is 4.72. The first-order valence-corrected chi connectivity index (χ1v) is 12.7. The summed E-state index contributed by atoms with van der Waals surface area (Å²) in [5, 5.41) is 3.65. The van der Waals surface area contributed by atoms with E-state index in [9.17, 15) is 9.18 Å². The number of nitrogens with one attached hydrogen (secondary N) is 1. The lowest BCUT2D eigenvalue weighted by Crippen LogP contribution is -2.39. The molecule has 35 heavy (non-hydrogen) atoms. The van der Waals surface area contributed by atoms with Crippen LogP contribution >= 0.6 is 11.6 Å². The number of hydrogen-bond donors (Lipinski definition) is 1. The van der Waals surface area contributed by atoms with Crippen molar-refractivity contribution in [2.75, 3.05) is 19.6 Å². The minimum Gasteiger partial charge on any atom is -0.338 e. The van der Waals surface area contributed by atoms with Crippen molar-refractivity contribution in [2.24, 2.45) is 0 Å². The van der Waals surface area contributed by atoms with E-state index in [0.29, 0.717) is 30.6 Å². The normalized spacial score (nSPS) is 14.6. The van der Waals surface area contributed by atoms with Crippen molar-refractivity contribution < 1.29 is 9.18 Å². The molecule has 0 radical (unpaired) electrons. The molecule has 1 aliphatic heterocycles. The molecule has 0 saturated carbocycles. The molecule has 3 aromatic rings. The summed E-state index contributed by atoms with van der Waals surface area (Å²) in [7, 11) is 0. The van der Waals surface area contributed by atoms with E-state index in [-0.39, 0.29) is 11.8 Å². The molecule has 4 nitrogen and oxygen atoms in total. The molecule has 0 aromatic heterocycles. The van der Waals surface area contributed by atoms with Crippen LogP contribution in [0.15, 0.2) is 72.8 Å². The van der Waals surface area contributed by atoms with Crippen LogP contribution in [0.3, 0.4) is 0 Å². The van der Waals surface area contributed by atoms with Gasteiger partial charge in [-0.15, -0.1) is 0 Å². The molecule has 1 saturated heterocycles.